The summed E-state index contributed by atoms with van der Waals surface area (Å²) in [4.78, 5) is 69.7. The summed E-state index contributed by atoms with van der Waals surface area (Å²) in [5.74, 6) is 0. The second kappa shape index (κ2) is 10.7. The van der Waals surface area contributed by atoms with Crippen molar-refractivity contribution in [2.45, 2.75) is 8.42 Å². The Hall–Kier alpha value is -0.140. The summed E-state index contributed by atoms with van der Waals surface area (Å²) in [5.41, 5.74) is -1.64. The Kier molecular flexibility index (Phi) is 9.27. The van der Waals surface area contributed by atoms with Crippen molar-refractivity contribution >= 4 is 145 Å². The SMILES string of the molecule is O=C(Cl)c1sc(SSc2sc(C(=O)Cl)c(C(=O)Cl)c2C(=O)Cl)c(C(=O)Cl)c1C(=O)Cl. The normalized spacial score (nSPS) is 10.7. The fraction of sp³-hybridized carbons (Fsp3) is 0. The number of thiophene rings is 2. The van der Waals surface area contributed by atoms with Crippen molar-refractivity contribution in [3.8, 4) is 0 Å². The Balaban J connectivity index is 2.60. The molecule has 0 amide bonds. The summed E-state index contributed by atoms with van der Waals surface area (Å²) in [7, 11) is 1.55. The molecule has 2 aromatic heterocycles. The van der Waals surface area contributed by atoms with Crippen molar-refractivity contribution in [3.63, 3.8) is 0 Å². The molecule has 0 aliphatic heterocycles. The topological polar surface area (TPSA) is 102 Å². The fourth-order valence-electron chi connectivity index (χ4n) is 2.02. The van der Waals surface area contributed by atoms with E-state index in [0.717, 1.165) is 21.6 Å². The third kappa shape index (κ3) is 5.43. The maximum atomic E-state index is 11.8. The second-order valence-electron chi connectivity index (χ2n) is 4.75. The second-order valence-corrected chi connectivity index (χ2v) is 11.5. The predicted octanol–water partition coefficient (Wildman–Crippen LogP) is 6.88. The van der Waals surface area contributed by atoms with Crippen LogP contribution >= 0.6 is 114 Å². The maximum Gasteiger partial charge on any atom is 0.263 e. The molecule has 0 unspecified atom stereocenters. The molecule has 30 heavy (non-hydrogen) atoms. The maximum absolute atomic E-state index is 11.8. The zero-order valence-corrected chi connectivity index (χ0v) is 21.2. The van der Waals surface area contributed by atoms with Crippen molar-refractivity contribution in [2.75, 3.05) is 0 Å². The van der Waals surface area contributed by atoms with Gasteiger partial charge in [-0.1, -0.05) is 0 Å². The van der Waals surface area contributed by atoms with Crippen LogP contribution < -0.4 is 0 Å². The molecule has 0 fully saturated rings. The minimum Gasteiger partial charge on any atom is -0.276 e. The van der Waals surface area contributed by atoms with Crippen molar-refractivity contribution < 1.29 is 28.8 Å². The van der Waals surface area contributed by atoms with Gasteiger partial charge in [-0.3, -0.25) is 28.8 Å². The standard InChI is InChI=1S/C14Cl6O6S4/c15-7(21)1-3(9(17)23)13(27-5(1)11(19)25)29-30-14-4(10(18)24)2(8(16)22)6(28-14)12(20)26. The van der Waals surface area contributed by atoms with Gasteiger partial charge in [0.05, 0.1) is 30.7 Å². The van der Waals surface area contributed by atoms with Gasteiger partial charge in [0.1, 0.15) is 9.75 Å². The van der Waals surface area contributed by atoms with E-state index < -0.39 is 42.6 Å². The van der Waals surface area contributed by atoms with Gasteiger partial charge in [-0.25, -0.2) is 0 Å². The first-order valence-electron chi connectivity index (χ1n) is 6.75. The third-order valence-corrected chi connectivity index (χ3v) is 10.1. The molecule has 2 heterocycles. The zero-order valence-electron chi connectivity index (χ0n) is 13.4. The number of hydrogen-bond donors (Lipinski definition) is 0. The summed E-state index contributed by atoms with van der Waals surface area (Å²) in [5, 5.41) is -6.52. The first-order valence-corrected chi connectivity index (χ1v) is 12.8. The average molecular weight is 605 g/mol. The van der Waals surface area contributed by atoms with Crippen LogP contribution in [0.15, 0.2) is 8.42 Å². The van der Waals surface area contributed by atoms with E-state index >= 15 is 0 Å². The molecule has 16 heteroatoms. The average Bonchev–Trinajstić information content (AvgIpc) is 3.19. The van der Waals surface area contributed by atoms with E-state index in [1.807, 2.05) is 0 Å². The molecule has 0 aliphatic carbocycles. The number of hydrogen-bond acceptors (Lipinski definition) is 10. The van der Waals surface area contributed by atoms with Crippen LogP contribution in [0, 0.1) is 0 Å². The lowest BCUT2D eigenvalue weighted by molar-refractivity contribution is 0.104. The van der Waals surface area contributed by atoms with Gasteiger partial charge < -0.3 is 0 Å². The number of carbonyl (C=O) groups excluding carboxylic acids is 6. The highest BCUT2D eigenvalue weighted by molar-refractivity contribution is 8.77. The van der Waals surface area contributed by atoms with Crippen molar-refractivity contribution in [1.82, 2.24) is 0 Å². The van der Waals surface area contributed by atoms with E-state index in [9.17, 15) is 28.8 Å². The van der Waals surface area contributed by atoms with E-state index in [0.29, 0.717) is 22.7 Å². The van der Waals surface area contributed by atoms with Gasteiger partial charge in [-0.05, 0) is 91.2 Å². The molecule has 0 saturated carbocycles. The summed E-state index contributed by atoms with van der Waals surface area (Å²) in [6.45, 7) is 0. The Morgan fingerprint density at radius 2 is 0.733 bits per heavy atom. The van der Waals surface area contributed by atoms with Gasteiger partial charge in [0, 0.05) is 0 Å². The number of halogens is 6. The molecular weight excluding hydrogens is 605 g/mol. The Labute approximate surface area is 212 Å². The highest BCUT2D eigenvalue weighted by Crippen LogP contribution is 2.50. The minimum absolute atomic E-state index is 0.0480. The van der Waals surface area contributed by atoms with Crippen LogP contribution in [0.5, 0.6) is 0 Å². The lowest BCUT2D eigenvalue weighted by Gasteiger charge is -2.01. The predicted molar refractivity (Wildman–Crippen MR) is 121 cm³/mol. The first-order chi connectivity index (χ1) is 13.9. The number of carbonyl (C=O) groups is 6. The van der Waals surface area contributed by atoms with Crippen LogP contribution in [0.3, 0.4) is 0 Å². The molecule has 6 nitrogen and oxygen atoms in total. The molecule has 0 bridgehead atoms. The van der Waals surface area contributed by atoms with Gasteiger partial charge in [0.15, 0.2) is 0 Å². The lowest BCUT2D eigenvalue weighted by Crippen LogP contribution is -2.02. The van der Waals surface area contributed by atoms with Crippen molar-refractivity contribution in [1.29, 1.82) is 0 Å². The van der Waals surface area contributed by atoms with Crippen molar-refractivity contribution in [3.05, 3.63) is 32.0 Å². The van der Waals surface area contributed by atoms with Crippen LogP contribution in [-0.4, -0.2) is 31.5 Å². The lowest BCUT2D eigenvalue weighted by atomic mass is 10.2. The summed E-state index contributed by atoms with van der Waals surface area (Å²) in [6.07, 6.45) is 0. The van der Waals surface area contributed by atoms with Crippen LogP contribution in [0.4, 0.5) is 0 Å². The molecule has 158 valence electrons. The molecule has 0 aromatic carbocycles. The van der Waals surface area contributed by atoms with E-state index in [4.69, 9.17) is 69.6 Å². The van der Waals surface area contributed by atoms with Gasteiger partial charge in [-0.2, -0.15) is 0 Å². The third-order valence-electron chi connectivity index (χ3n) is 3.09. The highest BCUT2D eigenvalue weighted by atomic mass is 35.5. The van der Waals surface area contributed by atoms with Crippen LogP contribution in [0.2, 0.25) is 0 Å². The Bertz CT molecular complexity index is 1050. The van der Waals surface area contributed by atoms with Gasteiger partial charge >= 0.3 is 0 Å². The first kappa shape index (κ1) is 26.1. The van der Waals surface area contributed by atoms with E-state index in [1.54, 1.807) is 0 Å². The molecular formula is C14Cl6O6S4. The largest absolute Gasteiger partial charge is 0.276 e. The van der Waals surface area contributed by atoms with E-state index in [2.05, 4.69) is 0 Å². The summed E-state index contributed by atoms with van der Waals surface area (Å²) < 4.78 is 0.0961. The minimum atomic E-state index is -1.13. The molecule has 0 radical (unpaired) electrons. The number of rotatable bonds is 9. The molecule has 0 saturated heterocycles. The Morgan fingerprint density at radius 3 is 0.933 bits per heavy atom. The smallest absolute Gasteiger partial charge is 0.263 e. The molecule has 0 atom stereocenters. The zero-order chi connectivity index (χ0) is 22.9. The van der Waals surface area contributed by atoms with Crippen LogP contribution in [0.1, 0.15) is 60.8 Å². The highest BCUT2D eigenvalue weighted by Gasteiger charge is 2.32. The monoisotopic (exact) mass is 602 g/mol. The quantitative estimate of drug-likeness (QED) is 0.225. The molecule has 0 aliphatic rings. The summed E-state index contributed by atoms with van der Waals surface area (Å²) >= 11 is 34.2. The van der Waals surface area contributed by atoms with Gasteiger partial charge in [0.25, 0.3) is 31.5 Å². The fourth-order valence-corrected chi connectivity index (χ4v) is 8.91. The van der Waals surface area contributed by atoms with E-state index in [1.165, 1.54) is 0 Å². The molecule has 2 aromatic rings. The van der Waals surface area contributed by atoms with Crippen LogP contribution in [-0.2, 0) is 0 Å². The summed E-state index contributed by atoms with van der Waals surface area (Å²) in [6, 6.07) is 0. The van der Waals surface area contributed by atoms with E-state index in [-0.39, 0.29) is 29.3 Å². The van der Waals surface area contributed by atoms with Crippen molar-refractivity contribution in [2.24, 2.45) is 0 Å². The molecule has 2 rings (SSSR count). The molecule has 0 N–H and O–H groups in total. The molecule has 0 spiro atoms. The van der Waals surface area contributed by atoms with Gasteiger partial charge in [0.2, 0.25) is 0 Å². The Morgan fingerprint density at radius 1 is 0.467 bits per heavy atom. The van der Waals surface area contributed by atoms with Crippen LogP contribution in [0.25, 0.3) is 0 Å². The van der Waals surface area contributed by atoms with Gasteiger partial charge in [-0.15, -0.1) is 22.7 Å².